The van der Waals surface area contributed by atoms with Gasteiger partial charge in [-0.1, -0.05) is 24.0 Å². The van der Waals surface area contributed by atoms with Crippen molar-refractivity contribution < 1.29 is 4.79 Å². The molecule has 0 spiro atoms. The minimum absolute atomic E-state index is 0.0167. The third-order valence-corrected chi connectivity index (χ3v) is 6.12. The van der Waals surface area contributed by atoms with Gasteiger partial charge in [0.15, 0.2) is 0 Å². The first kappa shape index (κ1) is 14.3. The van der Waals surface area contributed by atoms with Gasteiger partial charge in [-0.05, 0) is 60.6 Å². The van der Waals surface area contributed by atoms with E-state index in [4.69, 9.17) is 12.2 Å². The van der Waals surface area contributed by atoms with E-state index in [9.17, 15) is 4.79 Å². The van der Waals surface area contributed by atoms with Crippen molar-refractivity contribution in [1.82, 2.24) is 4.90 Å². The molecule has 0 aromatic heterocycles. The topological polar surface area (TPSA) is 23.6 Å². The fourth-order valence-corrected chi connectivity index (χ4v) is 4.79. The Kier molecular flexibility index (Phi) is 3.50. The lowest BCUT2D eigenvalue weighted by Gasteiger charge is -2.37. The number of aryl methyl sites for hydroxylation is 2. The van der Waals surface area contributed by atoms with Crippen molar-refractivity contribution in [3.63, 3.8) is 0 Å². The number of amides is 1. The molecule has 3 heterocycles. The number of rotatable bonds is 1. The second kappa shape index (κ2) is 5.39. The van der Waals surface area contributed by atoms with E-state index in [1.165, 1.54) is 54.5 Å². The highest BCUT2D eigenvalue weighted by Gasteiger charge is 2.29. The van der Waals surface area contributed by atoms with Gasteiger partial charge in [0.1, 0.15) is 4.32 Å². The highest BCUT2D eigenvalue weighted by molar-refractivity contribution is 8.26. The van der Waals surface area contributed by atoms with Gasteiger partial charge in [0.2, 0.25) is 0 Å². The van der Waals surface area contributed by atoms with E-state index in [0.29, 0.717) is 4.32 Å². The zero-order valence-electron chi connectivity index (χ0n) is 12.6. The summed E-state index contributed by atoms with van der Waals surface area (Å²) in [6.07, 6.45) is 6.76. The van der Waals surface area contributed by atoms with Crippen LogP contribution in [0.15, 0.2) is 17.0 Å². The van der Waals surface area contributed by atoms with Crippen molar-refractivity contribution in [1.29, 1.82) is 0 Å². The SMILES string of the molecule is CN1C(=O)/C(=C/c2cc3c4c(c2)CCCN4CCC3)SC1=S. The molecule has 1 saturated heterocycles. The average Bonchev–Trinajstić information content (AvgIpc) is 2.75. The minimum atomic E-state index is 0.0167. The molecule has 1 aromatic carbocycles. The lowest BCUT2D eigenvalue weighted by atomic mass is 9.90. The lowest BCUT2D eigenvalue weighted by Crippen LogP contribution is -2.34. The predicted octanol–water partition coefficient (Wildman–Crippen LogP) is 3.22. The van der Waals surface area contributed by atoms with Crippen LogP contribution in [-0.2, 0) is 17.6 Å². The Bertz CT molecular complexity index is 680. The molecule has 0 unspecified atom stereocenters. The molecule has 22 heavy (non-hydrogen) atoms. The molecule has 0 N–H and O–H groups in total. The molecule has 1 amide bonds. The van der Waals surface area contributed by atoms with Crippen LogP contribution in [0.1, 0.15) is 29.5 Å². The van der Waals surface area contributed by atoms with Crippen LogP contribution in [-0.4, -0.2) is 35.3 Å². The number of anilines is 1. The average molecular weight is 330 g/mol. The lowest BCUT2D eigenvalue weighted by molar-refractivity contribution is -0.121. The van der Waals surface area contributed by atoms with Gasteiger partial charge < -0.3 is 4.90 Å². The summed E-state index contributed by atoms with van der Waals surface area (Å²) >= 11 is 6.60. The number of nitrogens with zero attached hydrogens (tertiary/aromatic N) is 2. The molecule has 5 heteroatoms. The molecule has 1 fully saturated rings. The van der Waals surface area contributed by atoms with Gasteiger partial charge in [0.05, 0.1) is 4.91 Å². The van der Waals surface area contributed by atoms with Gasteiger partial charge in [0.25, 0.3) is 5.91 Å². The van der Waals surface area contributed by atoms with E-state index in [0.717, 1.165) is 23.3 Å². The summed E-state index contributed by atoms with van der Waals surface area (Å²) in [5, 5.41) is 0. The minimum Gasteiger partial charge on any atom is -0.371 e. The molecule has 1 aromatic rings. The van der Waals surface area contributed by atoms with Gasteiger partial charge in [-0.3, -0.25) is 9.69 Å². The van der Waals surface area contributed by atoms with Crippen molar-refractivity contribution in [2.45, 2.75) is 25.7 Å². The van der Waals surface area contributed by atoms with E-state index in [1.54, 1.807) is 11.9 Å². The Morgan fingerprint density at radius 2 is 1.82 bits per heavy atom. The first-order valence-electron chi connectivity index (χ1n) is 7.76. The largest absolute Gasteiger partial charge is 0.371 e. The maximum absolute atomic E-state index is 12.2. The maximum atomic E-state index is 12.2. The third kappa shape index (κ3) is 2.27. The van der Waals surface area contributed by atoms with Gasteiger partial charge >= 0.3 is 0 Å². The number of thioether (sulfide) groups is 1. The van der Waals surface area contributed by atoms with Crippen LogP contribution in [0.5, 0.6) is 0 Å². The number of hydrogen-bond acceptors (Lipinski definition) is 4. The normalized spacial score (nSPS) is 22.5. The predicted molar refractivity (Wildman–Crippen MR) is 96.2 cm³/mol. The van der Waals surface area contributed by atoms with Gasteiger partial charge in [-0.25, -0.2) is 0 Å². The summed E-state index contributed by atoms with van der Waals surface area (Å²) in [7, 11) is 1.74. The molecule has 3 nitrogen and oxygen atoms in total. The molecule has 114 valence electrons. The Morgan fingerprint density at radius 3 is 2.36 bits per heavy atom. The highest BCUT2D eigenvalue weighted by Crippen LogP contribution is 2.38. The smallest absolute Gasteiger partial charge is 0.265 e. The molecule has 4 rings (SSSR count). The summed E-state index contributed by atoms with van der Waals surface area (Å²) < 4.78 is 0.640. The van der Waals surface area contributed by atoms with Crippen LogP contribution in [0.2, 0.25) is 0 Å². The summed E-state index contributed by atoms with van der Waals surface area (Å²) in [6.45, 7) is 2.38. The van der Waals surface area contributed by atoms with Crippen LogP contribution < -0.4 is 4.90 Å². The maximum Gasteiger partial charge on any atom is 0.265 e. The van der Waals surface area contributed by atoms with Crippen molar-refractivity contribution in [2.24, 2.45) is 0 Å². The summed E-state index contributed by atoms with van der Waals surface area (Å²) in [5.41, 5.74) is 5.51. The molecule has 0 aliphatic carbocycles. The molecule has 0 atom stereocenters. The standard InChI is InChI=1S/C17H18N2OS2/c1-18-16(20)14(22-17(18)21)10-11-8-12-4-2-6-19-7-3-5-13(9-11)15(12)19/h8-10H,2-7H2,1H3/b14-10-. The molecule has 0 saturated carbocycles. The van der Waals surface area contributed by atoms with Crippen molar-refractivity contribution in [2.75, 3.05) is 25.0 Å². The van der Waals surface area contributed by atoms with Crippen LogP contribution in [0, 0.1) is 0 Å². The van der Waals surface area contributed by atoms with Crippen LogP contribution in [0.4, 0.5) is 5.69 Å². The fourth-order valence-electron chi connectivity index (χ4n) is 3.61. The first-order chi connectivity index (χ1) is 10.6. The first-order valence-corrected chi connectivity index (χ1v) is 8.98. The van der Waals surface area contributed by atoms with Crippen molar-refractivity contribution >= 4 is 46.0 Å². The monoisotopic (exact) mass is 330 g/mol. The Morgan fingerprint density at radius 1 is 1.18 bits per heavy atom. The second-order valence-electron chi connectivity index (χ2n) is 6.12. The number of likely N-dealkylation sites (N-methyl/N-ethyl adjacent to an activating group) is 1. The van der Waals surface area contributed by atoms with E-state index in [2.05, 4.69) is 17.0 Å². The molecule has 3 aliphatic rings. The van der Waals surface area contributed by atoms with E-state index < -0.39 is 0 Å². The Labute approximate surface area is 140 Å². The van der Waals surface area contributed by atoms with E-state index in [1.807, 2.05) is 6.08 Å². The highest BCUT2D eigenvalue weighted by atomic mass is 32.2. The summed E-state index contributed by atoms with van der Waals surface area (Å²) in [4.78, 5) is 17.0. The fraction of sp³-hybridized carbons (Fsp3) is 0.412. The Balaban J connectivity index is 1.75. The Hall–Kier alpha value is -1.33. The quantitative estimate of drug-likeness (QED) is 0.583. The van der Waals surface area contributed by atoms with Gasteiger partial charge in [-0.2, -0.15) is 0 Å². The van der Waals surface area contributed by atoms with Gasteiger partial charge in [-0.15, -0.1) is 0 Å². The molecular weight excluding hydrogens is 312 g/mol. The van der Waals surface area contributed by atoms with Crippen LogP contribution >= 0.6 is 24.0 Å². The zero-order valence-corrected chi connectivity index (χ0v) is 14.2. The molecule has 0 radical (unpaired) electrons. The third-order valence-electron chi connectivity index (χ3n) is 4.64. The summed E-state index contributed by atoms with van der Waals surface area (Å²) in [6, 6.07) is 4.52. The number of benzene rings is 1. The number of thiocarbonyl (C=S) groups is 1. The number of carbonyl (C=O) groups is 1. The molecule has 0 bridgehead atoms. The zero-order chi connectivity index (χ0) is 15.3. The number of hydrogen-bond donors (Lipinski definition) is 0. The van der Waals surface area contributed by atoms with Crippen LogP contribution in [0.25, 0.3) is 6.08 Å². The molecular formula is C17H18N2OS2. The van der Waals surface area contributed by atoms with E-state index >= 15 is 0 Å². The van der Waals surface area contributed by atoms with Crippen molar-refractivity contribution in [3.8, 4) is 0 Å². The second-order valence-corrected chi connectivity index (χ2v) is 7.80. The van der Waals surface area contributed by atoms with Crippen molar-refractivity contribution in [3.05, 3.63) is 33.7 Å². The van der Waals surface area contributed by atoms with Crippen LogP contribution in [0.3, 0.4) is 0 Å². The molecule has 3 aliphatic heterocycles. The van der Waals surface area contributed by atoms with Gasteiger partial charge in [0, 0.05) is 25.8 Å². The van der Waals surface area contributed by atoms with E-state index in [-0.39, 0.29) is 5.91 Å². The number of carbonyl (C=O) groups excluding carboxylic acids is 1. The summed E-state index contributed by atoms with van der Waals surface area (Å²) in [5.74, 6) is 0.0167.